The summed E-state index contributed by atoms with van der Waals surface area (Å²) in [5, 5.41) is 10.0. The van der Waals surface area contributed by atoms with Crippen molar-refractivity contribution in [3.05, 3.63) is 23.3 Å². The van der Waals surface area contributed by atoms with Crippen LogP contribution in [0.2, 0.25) is 0 Å². The molecule has 0 aromatic heterocycles. The molecule has 0 unspecified atom stereocenters. The van der Waals surface area contributed by atoms with Crippen LogP contribution in [0.15, 0.2) is 17.1 Å². The van der Waals surface area contributed by atoms with Gasteiger partial charge in [-0.2, -0.15) is 0 Å². The molecule has 18 heavy (non-hydrogen) atoms. The third-order valence-corrected chi connectivity index (χ3v) is 2.71. The molecule has 0 aliphatic carbocycles. The Kier molecular flexibility index (Phi) is 5.20. The smallest absolute Gasteiger partial charge is 0.128 e. The first-order valence-electron chi connectivity index (χ1n) is 6.36. The summed E-state index contributed by atoms with van der Waals surface area (Å²) < 4.78 is 5.18. The van der Waals surface area contributed by atoms with Crippen LogP contribution < -0.4 is 4.74 Å². The molecule has 0 fully saturated rings. The van der Waals surface area contributed by atoms with Crippen molar-refractivity contribution in [1.29, 1.82) is 0 Å². The van der Waals surface area contributed by atoms with E-state index in [1.165, 1.54) is 0 Å². The first-order chi connectivity index (χ1) is 8.45. The van der Waals surface area contributed by atoms with E-state index in [2.05, 4.69) is 32.7 Å². The Morgan fingerprint density at radius 3 is 2.44 bits per heavy atom. The van der Waals surface area contributed by atoms with Crippen molar-refractivity contribution in [3.8, 4) is 11.5 Å². The van der Waals surface area contributed by atoms with Gasteiger partial charge in [0.05, 0.1) is 7.11 Å². The van der Waals surface area contributed by atoms with Crippen LogP contribution in [0.3, 0.4) is 0 Å². The normalized spacial score (nSPS) is 11.7. The molecule has 3 heteroatoms. The van der Waals surface area contributed by atoms with Crippen molar-refractivity contribution < 1.29 is 9.84 Å². The fraction of sp³-hybridized carbons (Fsp3) is 0.533. The molecular formula is C15H23NO2. The lowest BCUT2D eigenvalue weighted by atomic mass is 9.96. The van der Waals surface area contributed by atoms with Crippen molar-refractivity contribution in [2.75, 3.05) is 13.7 Å². The van der Waals surface area contributed by atoms with Gasteiger partial charge in [-0.25, -0.2) is 0 Å². The summed E-state index contributed by atoms with van der Waals surface area (Å²) in [7, 11) is 1.60. The lowest BCUT2D eigenvalue weighted by molar-refractivity contribution is 0.406. The fourth-order valence-electron chi connectivity index (χ4n) is 1.72. The maximum absolute atomic E-state index is 10.0. The van der Waals surface area contributed by atoms with Gasteiger partial charge >= 0.3 is 0 Å². The first-order valence-corrected chi connectivity index (χ1v) is 6.36. The Morgan fingerprint density at radius 2 is 1.94 bits per heavy atom. The Morgan fingerprint density at radius 1 is 1.28 bits per heavy atom. The van der Waals surface area contributed by atoms with Gasteiger partial charge in [0.2, 0.25) is 0 Å². The van der Waals surface area contributed by atoms with Crippen molar-refractivity contribution in [1.82, 2.24) is 0 Å². The van der Waals surface area contributed by atoms with Gasteiger partial charge in [0.1, 0.15) is 11.5 Å². The number of methoxy groups -OCH3 is 1. The summed E-state index contributed by atoms with van der Waals surface area (Å²) in [4.78, 5) is 4.37. The summed E-state index contributed by atoms with van der Waals surface area (Å²) in [5.74, 6) is 1.73. The van der Waals surface area contributed by atoms with Gasteiger partial charge < -0.3 is 9.84 Å². The predicted molar refractivity (Wildman–Crippen MR) is 76.0 cm³/mol. The molecule has 0 atom stereocenters. The standard InChI is InChI=1S/C15H23NO2/c1-10(2)8-16-9-14-13(11(3)4)6-12(18-5)7-15(14)17/h6-7,9-11,17H,8H2,1-5H3. The number of ether oxygens (including phenoxy) is 1. The number of benzene rings is 1. The largest absolute Gasteiger partial charge is 0.507 e. The third-order valence-electron chi connectivity index (χ3n) is 2.71. The van der Waals surface area contributed by atoms with E-state index >= 15 is 0 Å². The van der Waals surface area contributed by atoms with Gasteiger partial charge in [0, 0.05) is 24.4 Å². The molecule has 1 rings (SSSR count). The van der Waals surface area contributed by atoms with Crippen molar-refractivity contribution >= 4 is 6.21 Å². The van der Waals surface area contributed by atoms with Gasteiger partial charge in [-0.1, -0.05) is 27.7 Å². The molecule has 0 spiro atoms. The van der Waals surface area contributed by atoms with Gasteiger partial charge in [-0.05, 0) is 23.5 Å². The number of aliphatic imine (C=N–C) groups is 1. The topological polar surface area (TPSA) is 41.8 Å². The van der Waals surface area contributed by atoms with E-state index < -0.39 is 0 Å². The summed E-state index contributed by atoms with van der Waals surface area (Å²) >= 11 is 0. The van der Waals surface area contributed by atoms with Crippen LogP contribution in [0.1, 0.15) is 44.7 Å². The maximum Gasteiger partial charge on any atom is 0.128 e. The monoisotopic (exact) mass is 249 g/mol. The zero-order valence-electron chi connectivity index (χ0n) is 11.9. The molecule has 0 radical (unpaired) electrons. The van der Waals surface area contributed by atoms with E-state index in [9.17, 15) is 5.11 Å². The zero-order chi connectivity index (χ0) is 13.7. The molecule has 1 aromatic carbocycles. The number of hydrogen-bond acceptors (Lipinski definition) is 3. The Labute approximate surface area is 110 Å². The van der Waals surface area contributed by atoms with Crippen LogP contribution in [0, 0.1) is 5.92 Å². The second-order valence-corrected chi connectivity index (χ2v) is 5.19. The Hall–Kier alpha value is -1.51. The highest BCUT2D eigenvalue weighted by atomic mass is 16.5. The molecule has 0 aliphatic rings. The molecule has 0 saturated carbocycles. The van der Waals surface area contributed by atoms with E-state index in [0.717, 1.165) is 17.7 Å². The minimum Gasteiger partial charge on any atom is -0.507 e. The zero-order valence-corrected chi connectivity index (χ0v) is 11.9. The molecular weight excluding hydrogens is 226 g/mol. The molecule has 1 N–H and O–H groups in total. The molecule has 0 saturated heterocycles. The highest BCUT2D eigenvalue weighted by molar-refractivity contribution is 5.86. The summed E-state index contributed by atoms with van der Waals surface area (Å²) in [6.07, 6.45) is 1.77. The minimum absolute atomic E-state index is 0.227. The molecule has 0 heterocycles. The van der Waals surface area contributed by atoms with E-state index in [4.69, 9.17) is 4.74 Å². The van der Waals surface area contributed by atoms with Crippen LogP contribution in [-0.4, -0.2) is 25.0 Å². The molecule has 1 aromatic rings. The SMILES string of the molecule is COc1cc(O)c(C=NCC(C)C)c(C(C)C)c1. The molecule has 0 amide bonds. The van der Waals surface area contributed by atoms with Gasteiger partial charge in [-0.15, -0.1) is 0 Å². The number of nitrogens with zero attached hydrogens (tertiary/aromatic N) is 1. The van der Waals surface area contributed by atoms with Gasteiger partial charge in [0.25, 0.3) is 0 Å². The van der Waals surface area contributed by atoms with Gasteiger partial charge in [0.15, 0.2) is 0 Å². The van der Waals surface area contributed by atoms with Crippen LogP contribution in [0.4, 0.5) is 0 Å². The molecule has 0 aliphatic heterocycles. The molecule has 3 nitrogen and oxygen atoms in total. The lowest BCUT2D eigenvalue weighted by Crippen LogP contribution is -1.99. The highest BCUT2D eigenvalue weighted by Crippen LogP contribution is 2.31. The van der Waals surface area contributed by atoms with E-state index in [1.54, 1.807) is 19.4 Å². The van der Waals surface area contributed by atoms with E-state index in [-0.39, 0.29) is 5.75 Å². The average molecular weight is 249 g/mol. The number of rotatable bonds is 5. The quantitative estimate of drug-likeness (QED) is 0.810. The minimum atomic E-state index is 0.227. The van der Waals surface area contributed by atoms with Crippen LogP contribution in [0.5, 0.6) is 11.5 Å². The third kappa shape index (κ3) is 3.76. The highest BCUT2D eigenvalue weighted by Gasteiger charge is 2.12. The maximum atomic E-state index is 10.0. The Balaban J connectivity index is 3.12. The van der Waals surface area contributed by atoms with Crippen molar-refractivity contribution in [2.24, 2.45) is 10.9 Å². The number of phenols is 1. The number of aromatic hydroxyl groups is 1. The fourth-order valence-corrected chi connectivity index (χ4v) is 1.72. The second kappa shape index (κ2) is 6.43. The van der Waals surface area contributed by atoms with E-state index in [1.807, 2.05) is 6.07 Å². The summed E-state index contributed by atoms with van der Waals surface area (Å²) in [6.45, 7) is 9.19. The Bertz CT molecular complexity index is 423. The lowest BCUT2D eigenvalue weighted by Gasteiger charge is -2.13. The second-order valence-electron chi connectivity index (χ2n) is 5.19. The van der Waals surface area contributed by atoms with Crippen LogP contribution in [-0.2, 0) is 0 Å². The first kappa shape index (κ1) is 14.6. The predicted octanol–water partition coefficient (Wildman–Crippen LogP) is 3.60. The van der Waals surface area contributed by atoms with E-state index in [0.29, 0.717) is 17.6 Å². The summed E-state index contributed by atoms with van der Waals surface area (Å²) in [6, 6.07) is 3.59. The van der Waals surface area contributed by atoms with Crippen LogP contribution in [0.25, 0.3) is 0 Å². The average Bonchev–Trinajstić information content (AvgIpc) is 2.29. The van der Waals surface area contributed by atoms with Gasteiger partial charge in [-0.3, -0.25) is 4.99 Å². The number of phenolic OH excluding ortho intramolecular Hbond substituents is 1. The molecule has 0 bridgehead atoms. The molecule has 100 valence electrons. The van der Waals surface area contributed by atoms with Crippen LogP contribution >= 0.6 is 0 Å². The van der Waals surface area contributed by atoms with Crippen molar-refractivity contribution in [2.45, 2.75) is 33.6 Å². The summed E-state index contributed by atoms with van der Waals surface area (Å²) in [5.41, 5.74) is 1.85. The number of hydrogen-bond donors (Lipinski definition) is 1. The van der Waals surface area contributed by atoms with Crippen molar-refractivity contribution in [3.63, 3.8) is 0 Å².